The van der Waals surface area contributed by atoms with Crippen LogP contribution in [0.15, 0.2) is 54.6 Å². The summed E-state index contributed by atoms with van der Waals surface area (Å²) in [5.41, 5.74) is 3.60. The highest BCUT2D eigenvalue weighted by molar-refractivity contribution is 5.47. The van der Waals surface area contributed by atoms with Crippen molar-refractivity contribution in [1.29, 1.82) is 0 Å². The van der Waals surface area contributed by atoms with E-state index in [1.807, 2.05) is 6.07 Å². The molecule has 0 saturated carbocycles. The average molecular weight is 241 g/mol. The lowest BCUT2D eigenvalue weighted by Gasteiger charge is -2.16. The summed E-state index contributed by atoms with van der Waals surface area (Å²) in [4.78, 5) is 0. The fraction of sp³-hybridized carbons (Fsp3) is 0.250. The van der Waals surface area contributed by atoms with Crippen molar-refractivity contribution in [2.24, 2.45) is 0 Å². The average Bonchev–Trinajstić information content (AvgIpc) is 2.40. The molecule has 0 heterocycles. The molecule has 2 rings (SSSR count). The van der Waals surface area contributed by atoms with Gasteiger partial charge in [0.1, 0.15) is 0 Å². The van der Waals surface area contributed by atoms with Gasteiger partial charge in [-0.2, -0.15) is 0 Å². The van der Waals surface area contributed by atoms with Gasteiger partial charge >= 0.3 is 0 Å². The number of ether oxygens (including phenoxy) is 1. The molecule has 2 aromatic rings. The van der Waals surface area contributed by atoms with Gasteiger partial charge in [0.25, 0.3) is 0 Å². The van der Waals surface area contributed by atoms with Crippen molar-refractivity contribution in [1.82, 2.24) is 0 Å². The molecule has 2 heteroatoms. The van der Waals surface area contributed by atoms with Gasteiger partial charge in [0, 0.05) is 18.8 Å². The second kappa shape index (κ2) is 6.22. The van der Waals surface area contributed by atoms with Gasteiger partial charge in [0.05, 0.1) is 6.61 Å². The number of hydrogen-bond acceptors (Lipinski definition) is 2. The zero-order chi connectivity index (χ0) is 12.8. The fourth-order valence-corrected chi connectivity index (χ4v) is 1.99. The first-order valence-corrected chi connectivity index (χ1v) is 6.19. The number of hydrogen-bond donors (Lipinski definition) is 1. The lowest BCUT2D eigenvalue weighted by Crippen LogP contribution is -2.06. The van der Waals surface area contributed by atoms with Crippen LogP contribution in [-0.4, -0.2) is 7.11 Å². The zero-order valence-corrected chi connectivity index (χ0v) is 10.9. The van der Waals surface area contributed by atoms with Gasteiger partial charge in [0.2, 0.25) is 0 Å². The molecule has 2 nitrogen and oxygen atoms in total. The lowest BCUT2D eigenvalue weighted by atomic mass is 10.1. The Kier molecular flexibility index (Phi) is 4.37. The van der Waals surface area contributed by atoms with Crippen molar-refractivity contribution in [3.05, 3.63) is 65.7 Å². The molecule has 0 aliphatic rings. The second-order valence-corrected chi connectivity index (χ2v) is 4.41. The summed E-state index contributed by atoms with van der Waals surface area (Å²) in [5, 5.41) is 3.50. The summed E-state index contributed by atoms with van der Waals surface area (Å²) in [6.07, 6.45) is 0. The normalized spacial score (nSPS) is 12.1. The first-order chi connectivity index (χ1) is 8.79. The van der Waals surface area contributed by atoms with Gasteiger partial charge in [-0.15, -0.1) is 0 Å². The number of methoxy groups -OCH3 is 1. The Balaban J connectivity index is 2.07. The van der Waals surface area contributed by atoms with E-state index in [1.54, 1.807) is 7.11 Å². The Morgan fingerprint density at radius 2 is 1.83 bits per heavy atom. The minimum Gasteiger partial charge on any atom is -0.380 e. The van der Waals surface area contributed by atoms with Crippen molar-refractivity contribution in [2.45, 2.75) is 19.6 Å². The maximum Gasteiger partial charge on any atom is 0.0713 e. The van der Waals surface area contributed by atoms with Gasteiger partial charge < -0.3 is 10.1 Å². The van der Waals surface area contributed by atoms with Gasteiger partial charge in [-0.1, -0.05) is 42.5 Å². The van der Waals surface area contributed by atoms with Gasteiger partial charge in [-0.3, -0.25) is 0 Å². The molecule has 0 aromatic heterocycles. The van der Waals surface area contributed by atoms with Gasteiger partial charge in [0.15, 0.2) is 0 Å². The summed E-state index contributed by atoms with van der Waals surface area (Å²) in [6.45, 7) is 2.81. The van der Waals surface area contributed by atoms with E-state index in [0.29, 0.717) is 12.6 Å². The molecule has 0 aliphatic carbocycles. The highest BCUT2D eigenvalue weighted by Crippen LogP contribution is 2.19. The molecule has 1 atom stereocenters. The van der Waals surface area contributed by atoms with Crippen LogP contribution in [0.4, 0.5) is 5.69 Å². The highest BCUT2D eigenvalue weighted by atomic mass is 16.5. The molecule has 94 valence electrons. The summed E-state index contributed by atoms with van der Waals surface area (Å²) in [7, 11) is 1.71. The third-order valence-corrected chi connectivity index (χ3v) is 2.92. The Hall–Kier alpha value is -1.80. The van der Waals surface area contributed by atoms with E-state index in [2.05, 4.69) is 60.8 Å². The highest BCUT2D eigenvalue weighted by Gasteiger charge is 2.04. The van der Waals surface area contributed by atoms with E-state index < -0.39 is 0 Å². The monoisotopic (exact) mass is 241 g/mol. The second-order valence-electron chi connectivity index (χ2n) is 4.41. The van der Waals surface area contributed by atoms with Crippen LogP contribution in [-0.2, 0) is 11.3 Å². The Labute approximate surface area is 109 Å². The predicted octanol–water partition coefficient (Wildman–Crippen LogP) is 4.01. The van der Waals surface area contributed by atoms with Crippen molar-refractivity contribution in [3.8, 4) is 0 Å². The summed E-state index contributed by atoms with van der Waals surface area (Å²) in [6, 6.07) is 19.1. The third-order valence-electron chi connectivity index (χ3n) is 2.92. The maximum atomic E-state index is 5.14. The molecule has 0 spiro atoms. The Morgan fingerprint density at radius 3 is 2.56 bits per heavy atom. The van der Waals surface area contributed by atoms with Crippen molar-refractivity contribution < 1.29 is 4.74 Å². The van der Waals surface area contributed by atoms with Crippen LogP contribution in [0.2, 0.25) is 0 Å². The fourth-order valence-electron chi connectivity index (χ4n) is 1.99. The molecule has 0 saturated heterocycles. The Bertz CT molecular complexity index is 481. The van der Waals surface area contributed by atoms with Crippen LogP contribution in [0.1, 0.15) is 24.1 Å². The summed E-state index contributed by atoms with van der Waals surface area (Å²) in [5.74, 6) is 0. The molecule has 18 heavy (non-hydrogen) atoms. The molecule has 0 radical (unpaired) electrons. The molecule has 0 bridgehead atoms. The van der Waals surface area contributed by atoms with Crippen molar-refractivity contribution in [3.63, 3.8) is 0 Å². The van der Waals surface area contributed by atoms with E-state index in [1.165, 1.54) is 11.1 Å². The van der Waals surface area contributed by atoms with Crippen LogP contribution in [0, 0.1) is 0 Å². The number of nitrogens with one attached hydrogen (secondary N) is 1. The van der Waals surface area contributed by atoms with E-state index in [9.17, 15) is 0 Å². The third kappa shape index (κ3) is 3.34. The van der Waals surface area contributed by atoms with E-state index in [0.717, 1.165) is 5.69 Å². The molecule has 1 unspecified atom stereocenters. The van der Waals surface area contributed by atoms with Gasteiger partial charge in [-0.25, -0.2) is 0 Å². The van der Waals surface area contributed by atoms with Crippen LogP contribution >= 0.6 is 0 Å². The molecule has 0 aliphatic heterocycles. The van der Waals surface area contributed by atoms with Crippen LogP contribution in [0.3, 0.4) is 0 Å². The smallest absolute Gasteiger partial charge is 0.0713 e. The molecular formula is C16H19NO. The maximum absolute atomic E-state index is 5.14. The van der Waals surface area contributed by atoms with Crippen LogP contribution in [0.25, 0.3) is 0 Å². The van der Waals surface area contributed by atoms with E-state index >= 15 is 0 Å². The molecule has 0 amide bonds. The van der Waals surface area contributed by atoms with Crippen molar-refractivity contribution in [2.75, 3.05) is 12.4 Å². The van der Waals surface area contributed by atoms with E-state index in [4.69, 9.17) is 4.74 Å². The minimum absolute atomic E-state index is 0.295. The SMILES string of the molecule is COCc1cccc(NC(C)c2ccccc2)c1. The molecule has 2 aromatic carbocycles. The topological polar surface area (TPSA) is 21.3 Å². The molecular weight excluding hydrogens is 222 g/mol. The number of benzene rings is 2. The minimum atomic E-state index is 0.295. The van der Waals surface area contributed by atoms with Crippen molar-refractivity contribution >= 4 is 5.69 Å². The Morgan fingerprint density at radius 1 is 1.06 bits per heavy atom. The van der Waals surface area contributed by atoms with E-state index in [-0.39, 0.29) is 0 Å². The largest absolute Gasteiger partial charge is 0.380 e. The zero-order valence-electron chi connectivity index (χ0n) is 10.9. The summed E-state index contributed by atoms with van der Waals surface area (Å²) < 4.78 is 5.14. The molecule has 1 N–H and O–H groups in total. The van der Waals surface area contributed by atoms with Gasteiger partial charge in [-0.05, 0) is 30.2 Å². The standard InChI is InChI=1S/C16H19NO/c1-13(15-8-4-3-5-9-15)17-16-10-6-7-14(11-16)12-18-2/h3-11,13,17H,12H2,1-2H3. The van der Waals surface area contributed by atoms with Crippen LogP contribution < -0.4 is 5.32 Å². The number of anilines is 1. The predicted molar refractivity (Wildman–Crippen MR) is 75.6 cm³/mol. The van der Waals surface area contributed by atoms with Crippen LogP contribution in [0.5, 0.6) is 0 Å². The quantitative estimate of drug-likeness (QED) is 0.854. The first kappa shape index (κ1) is 12.7. The molecule has 0 fully saturated rings. The number of rotatable bonds is 5. The lowest BCUT2D eigenvalue weighted by molar-refractivity contribution is 0.185. The summed E-state index contributed by atoms with van der Waals surface area (Å²) >= 11 is 0. The first-order valence-electron chi connectivity index (χ1n) is 6.19.